The van der Waals surface area contributed by atoms with Crippen LogP contribution in [0.1, 0.15) is 22.4 Å². The summed E-state index contributed by atoms with van der Waals surface area (Å²) < 4.78 is 1.54. The standard InChI is InChI=1S/C20H21N5O2/c1-13-6-7-16(9-14(13)2)25-18-17(19(26)23-20(25)27)11-24(12-22-18)10-15-5-3-4-8-21-15/h3-9,22H,10-12H2,1-2H3,(H,23,26,27). The minimum atomic E-state index is -0.437. The van der Waals surface area contributed by atoms with E-state index in [1.807, 2.05) is 50.2 Å². The van der Waals surface area contributed by atoms with Gasteiger partial charge in [-0.15, -0.1) is 0 Å². The predicted molar refractivity (Wildman–Crippen MR) is 104 cm³/mol. The summed E-state index contributed by atoms with van der Waals surface area (Å²) >= 11 is 0. The van der Waals surface area contributed by atoms with Crippen LogP contribution in [0.3, 0.4) is 0 Å². The summed E-state index contributed by atoms with van der Waals surface area (Å²) in [5, 5.41) is 3.26. The maximum atomic E-state index is 12.5. The van der Waals surface area contributed by atoms with Crippen LogP contribution < -0.4 is 16.6 Å². The van der Waals surface area contributed by atoms with Crippen LogP contribution in [0, 0.1) is 13.8 Å². The Balaban J connectivity index is 1.73. The van der Waals surface area contributed by atoms with Gasteiger partial charge in [0.25, 0.3) is 5.56 Å². The van der Waals surface area contributed by atoms with Crippen molar-refractivity contribution in [3.8, 4) is 5.69 Å². The molecule has 0 amide bonds. The maximum absolute atomic E-state index is 12.5. The third kappa shape index (κ3) is 3.29. The fraction of sp³-hybridized carbons (Fsp3) is 0.250. The lowest BCUT2D eigenvalue weighted by Crippen LogP contribution is -2.42. The Morgan fingerprint density at radius 3 is 2.70 bits per heavy atom. The number of rotatable bonds is 3. The molecule has 0 saturated heterocycles. The van der Waals surface area contributed by atoms with Gasteiger partial charge in [0.2, 0.25) is 0 Å². The Bertz CT molecular complexity index is 1100. The number of hydrogen-bond acceptors (Lipinski definition) is 5. The van der Waals surface area contributed by atoms with Gasteiger partial charge in [0.15, 0.2) is 0 Å². The number of aryl methyl sites for hydroxylation is 2. The van der Waals surface area contributed by atoms with Gasteiger partial charge >= 0.3 is 5.69 Å². The van der Waals surface area contributed by atoms with Crippen LogP contribution in [0.5, 0.6) is 0 Å². The normalized spacial score (nSPS) is 13.9. The van der Waals surface area contributed by atoms with E-state index in [9.17, 15) is 9.59 Å². The molecule has 0 unspecified atom stereocenters. The Labute approximate surface area is 156 Å². The molecule has 1 aromatic carbocycles. The number of nitrogens with zero attached hydrogens (tertiary/aromatic N) is 3. The van der Waals surface area contributed by atoms with Gasteiger partial charge in [-0.2, -0.15) is 0 Å². The number of benzene rings is 1. The number of hydrogen-bond donors (Lipinski definition) is 2. The maximum Gasteiger partial charge on any atom is 0.334 e. The smallest absolute Gasteiger partial charge is 0.334 e. The molecule has 2 N–H and O–H groups in total. The summed E-state index contributed by atoms with van der Waals surface area (Å²) in [6.07, 6.45) is 1.75. The zero-order valence-electron chi connectivity index (χ0n) is 15.3. The highest BCUT2D eigenvalue weighted by Gasteiger charge is 2.23. The molecular weight excluding hydrogens is 342 g/mol. The molecule has 0 bridgehead atoms. The van der Waals surface area contributed by atoms with Crippen molar-refractivity contribution in [1.82, 2.24) is 19.4 Å². The quantitative estimate of drug-likeness (QED) is 0.743. The molecule has 4 rings (SSSR count). The Hall–Kier alpha value is -3.19. The number of anilines is 1. The molecule has 1 aliphatic heterocycles. The first kappa shape index (κ1) is 17.2. The molecule has 0 radical (unpaired) electrons. The fourth-order valence-electron chi connectivity index (χ4n) is 3.31. The van der Waals surface area contributed by atoms with E-state index in [0.29, 0.717) is 31.1 Å². The van der Waals surface area contributed by atoms with Crippen molar-refractivity contribution in [1.29, 1.82) is 0 Å². The molecule has 0 atom stereocenters. The monoisotopic (exact) mass is 363 g/mol. The molecular formula is C20H21N5O2. The topological polar surface area (TPSA) is 83.0 Å². The van der Waals surface area contributed by atoms with E-state index in [1.54, 1.807) is 10.8 Å². The largest absolute Gasteiger partial charge is 0.358 e. The number of H-pyrrole nitrogens is 1. The third-order valence-corrected chi connectivity index (χ3v) is 4.92. The zero-order valence-corrected chi connectivity index (χ0v) is 15.3. The molecule has 0 aliphatic carbocycles. The number of nitrogens with one attached hydrogen (secondary N) is 2. The van der Waals surface area contributed by atoms with Crippen LogP contribution in [0.25, 0.3) is 5.69 Å². The number of pyridine rings is 1. The van der Waals surface area contributed by atoms with Crippen LogP contribution in [-0.4, -0.2) is 26.1 Å². The lowest BCUT2D eigenvalue weighted by Gasteiger charge is -2.30. The van der Waals surface area contributed by atoms with E-state index < -0.39 is 5.69 Å². The minimum absolute atomic E-state index is 0.353. The molecule has 3 aromatic rings. The van der Waals surface area contributed by atoms with Crippen LogP contribution in [0.2, 0.25) is 0 Å². The van der Waals surface area contributed by atoms with Crippen LogP contribution in [0.4, 0.5) is 5.82 Å². The van der Waals surface area contributed by atoms with Crippen LogP contribution in [0.15, 0.2) is 52.2 Å². The van der Waals surface area contributed by atoms with Gasteiger partial charge in [-0.25, -0.2) is 9.36 Å². The lowest BCUT2D eigenvalue weighted by atomic mass is 10.1. The SMILES string of the molecule is Cc1ccc(-n2c3c(c(=O)[nH]c2=O)CN(Cc2ccccn2)CN3)cc1C. The molecule has 138 valence electrons. The average molecular weight is 363 g/mol. The Kier molecular flexibility index (Phi) is 4.37. The van der Waals surface area contributed by atoms with Crippen molar-refractivity contribution < 1.29 is 0 Å². The molecule has 1 aliphatic rings. The van der Waals surface area contributed by atoms with Crippen molar-refractivity contribution in [2.75, 3.05) is 12.0 Å². The van der Waals surface area contributed by atoms with Gasteiger partial charge in [0, 0.05) is 19.3 Å². The molecule has 3 heterocycles. The predicted octanol–water partition coefficient (Wildman–Crippen LogP) is 1.92. The lowest BCUT2D eigenvalue weighted by molar-refractivity contribution is 0.260. The molecule has 2 aromatic heterocycles. The summed E-state index contributed by atoms with van der Waals surface area (Å²) in [5.41, 5.74) is 3.67. The molecule has 0 spiro atoms. The van der Waals surface area contributed by atoms with Gasteiger partial charge in [0.05, 0.1) is 23.6 Å². The van der Waals surface area contributed by atoms with E-state index >= 15 is 0 Å². The van der Waals surface area contributed by atoms with Gasteiger partial charge in [0.1, 0.15) is 5.82 Å². The van der Waals surface area contributed by atoms with E-state index in [1.165, 1.54) is 0 Å². The third-order valence-electron chi connectivity index (χ3n) is 4.92. The van der Waals surface area contributed by atoms with Crippen molar-refractivity contribution in [2.45, 2.75) is 26.9 Å². The molecule has 0 fully saturated rings. The first-order valence-corrected chi connectivity index (χ1v) is 8.85. The molecule has 0 saturated carbocycles. The molecule has 7 heteroatoms. The second-order valence-corrected chi connectivity index (χ2v) is 6.83. The second kappa shape index (κ2) is 6.85. The van der Waals surface area contributed by atoms with Crippen molar-refractivity contribution in [2.24, 2.45) is 0 Å². The summed E-state index contributed by atoms with van der Waals surface area (Å²) in [6, 6.07) is 11.6. The van der Waals surface area contributed by atoms with Crippen molar-refractivity contribution >= 4 is 5.82 Å². The van der Waals surface area contributed by atoms with Crippen LogP contribution in [-0.2, 0) is 13.1 Å². The van der Waals surface area contributed by atoms with Crippen LogP contribution >= 0.6 is 0 Å². The fourth-order valence-corrected chi connectivity index (χ4v) is 3.31. The Morgan fingerprint density at radius 1 is 1.11 bits per heavy atom. The van der Waals surface area contributed by atoms with E-state index in [2.05, 4.69) is 20.2 Å². The summed E-state index contributed by atoms with van der Waals surface area (Å²) in [5.74, 6) is 0.560. The number of fused-ring (bicyclic) bond motifs is 1. The second-order valence-electron chi connectivity index (χ2n) is 6.83. The first-order chi connectivity index (χ1) is 13.0. The van der Waals surface area contributed by atoms with Gasteiger partial charge in [-0.3, -0.25) is 19.7 Å². The van der Waals surface area contributed by atoms with E-state index in [0.717, 1.165) is 22.5 Å². The first-order valence-electron chi connectivity index (χ1n) is 8.85. The summed E-state index contributed by atoms with van der Waals surface area (Å²) in [6.45, 7) is 5.62. The average Bonchev–Trinajstić information content (AvgIpc) is 2.66. The number of aromatic nitrogens is 3. The Morgan fingerprint density at radius 2 is 1.96 bits per heavy atom. The highest BCUT2D eigenvalue weighted by molar-refractivity contribution is 5.53. The summed E-state index contributed by atoms with van der Waals surface area (Å²) in [7, 11) is 0. The van der Waals surface area contributed by atoms with E-state index in [-0.39, 0.29) is 5.56 Å². The van der Waals surface area contributed by atoms with Gasteiger partial charge < -0.3 is 5.32 Å². The zero-order chi connectivity index (χ0) is 19.0. The molecule has 27 heavy (non-hydrogen) atoms. The highest BCUT2D eigenvalue weighted by Crippen LogP contribution is 2.22. The van der Waals surface area contributed by atoms with Gasteiger partial charge in [-0.1, -0.05) is 12.1 Å². The van der Waals surface area contributed by atoms with Crippen molar-refractivity contribution in [3.05, 3.63) is 85.8 Å². The summed E-state index contributed by atoms with van der Waals surface area (Å²) in [4.78, 5) is 33.8. The highest BCUT2D eigenvalue weighted by atomic mass is 16.2. The minimum Gasteiger partial charge on any atom is -0.358 e. The van der Waals surface area contributed by atoms with Crippen molar-refractivity contribution in [3.63, 3.8) is 0 Å². The number of aromatic amines is 1. The van der Waals surface area contributed by atoms with Gasteiger partial charge in [-0.05, 0) is 49.2 Å². The molecule has 7 nitrogen and oxygen atoms in total. The van der Waals surface area contributed by atoms with E-state index in [4.69, 9.17) is 0 Å².